The zero-order valence-electron chi connectivity index (χ0n) is 10.9. The molecule has 0 bridgehead atoms. The third-order valence-corrected chi connectivity index (χ3v) is 3.64. The van der Waals surface area contributed by atoms with Crippen LogP contribution in [0.3, 0.4) is 0 Å². The lowest BCUT2D eigenvalue weighted by Crippen LogP contribution is -2.29. The first-order valence-corrected chi connectivity index (χ1v) is 6.75. The van der Waals surface area contributed by atoms with Crippen LogP contribution in [-0.2, 0) is 6.54 Å². The summed E-state index contributed by atoms with van der Waals surface area (Å²) in [4.78, 5) is 11.1. The van der Waals surface area contributed by atoms with Crippen LogP contribution in [0.4, 0.5) is 0 Å². The van der Waals surface area contributed by atoms with Crippen LogP contribution in [0.1, 0.15) is 48.5 Å². The minimum Gasteiger partial charge on any atom is -0.478 e. The maximum atomic E-state index is 11.1. The van der Waals surface area contributed by atoms with E-state index >= 15 is 0 Å². The fourth-order valence-corrected chi connectivity index (χ4v) is 2.29. The standard InChI is InChI=1S/C15H21NO2/c1-2-13(9-11-7-8-11)16-10-12-5-3-4-6-14(12)15(17)18/h3-6,11,13,16H,2,7-10H2,1H3,(H,17,18). The van der Waals surface area contributed by atoms with E-state index in [0.29, 0.717) is 18.2 Å². The first-order chi connectivity index (χ1) is 8.70. The highest BCUT2D eigenvalue weighted by Gasteiger charge is 2.24. The Labute approximate surface area is 108 Å². The lowest BCUT2D eigenvalue weighted by Gasteiger charge is -2.17. The fraction of sp³-hybridized carbons (Fsp3) is 0.533. The van der Waals surface area contributed by atoms with Gasteiger partial charge in [0.25, 0.3) is 0 Å². The van der Waals surface area contributed by atoms with Gasteiger partial charge in [-0.1, -0.05) is 38.0 Å². The summed E-state index contributed by atoms with van der Waals surface area (Å²) in [5.74, 6) is 0.0554. The van der Waals surface area contributed by atoms with E-state index < -0.39 is 5.97 Å². The predicted molar refractivity (Wildman–Crippen MR) is 71.7 cm³/mol. The number of hydrogen-bond donors (Lipinski definition) is 2. The van der Waals surface area contributed by atoms with Gasteiger partial charge in [0, 0.05) is 12.6 Å². The molecule has 0 spiro atoms. The van der Waals surface area contributed by atoms with E-state index in [9.17, 15) is 4.79 Å². The van der Waals surface area contributed by atoms with Gasteiger partial charge in [0.15, 0.2) is 0 Å². The fourth-order valence-electron chi connectivity index (χ4n) is 2.29. The van der Waals surface area contributed by atoms with Crippen molar-refractivity contribution in [3.05, 3.63) is 35.4 Å². The normalized spacial score (nSPS) is 16.5. The molecule has 0 aliphatic heterocycles. The molecule has 1 fully saturated rings. The van der Waals surface area contributed by atoms with Gasteiger partial charge in [-0.05, 0) is 30.4 Å². The van der Waals surface area contributed by atoms with Gasteiger partial charge in [0.2, 0.25) is 0 Å². The molecule has 1 atom stereocenters. The Hall–Kier alpha value is -1.35. The van der Waals surface area contributed by atoms with Gasteiger partial charge < -0.3 is 10.4 Å². The van der Waals surface area contributed by atoms with E-state index in [1.807, 2.05) is 12.1 Å². The van der Waals surface area contributed by atoms with Gasteiger partial charge in [-0.15, -0.1) is 0 Å². The first-order valence-electron chi connectivity index (χ1n) is 6.75. The van der Waals surface area contributed by atoms with Crippen molar-refractivity contribution in [3.63, 3.8) is 0 Å². The maximum absolute atomic E-state index is 11.1. The van der Waals surface area contributed by atoms with Crippen LogP contribution >= 0.6 is 0 Å². The number of nitrogens with one attached hydrogen (secondary N) is 1. The molecule has 3 heteroatoms. The van der Waals surface area contributed by atoms with Crippen molar-refractivity contribution < 1.29 is 9.90 Å². The highest BCUT2D eigenvalue weighted by molar-refractivity contribution is 5.89. The molecular weight excluding hydrogens is 226 g/mol. The molecule has 1 unspecified atom stereocenters. The molecule has 0 radical (unpaired) electrons. The largest absolute Gasteiger partial charge is 0.478 e. The summed E-state index contributed by atoms with van der Waals surface area (Å²) >= 11 is 0. The topological polar surface area (TPSA) is 49.3 Å². The van der Waals surface area contributed by atoms with Gasteiger partial charge in [0.1, 0.15) is 0 Å². The number of carboxylic acid groups (broad SMARTS) is 1. The number of carbonyl (C=O) groups is 1. The van der Waals surface area contributed by atoms with Crippen molar-refractivity contribution >= 4 is 5.97 Å². The summed E-state index contributed by atoms with van der Waals surface area (Å²) < 4.78 is 0. The van der Waals surface area contributed by atoms with E-state index in [4.69, 9.17) is 5.11 Å². The highest BCUT2D eigenvalue weighted by Crippen LogP contribution is 2.34. The van der Waals surface area contributed by atoms with Crippen LogP contribution in [-0.4, -0.2) is 17.1 Å². The second kappa shape index (κ2) is 6.01. The zero-order valence-corrected chi connectivity index (χ0v) is 10.9. The van der Waals surface area contributed by atoms with Crippen LogP contribution in [0.15, 0.2) is 24.3 Å². The lowest BCUT2D eigenvalue weighted by atomic mass is 10.0. The van der Waals surface area contributed by atoms with Gasteiger partial charge >= 0.3 is 5.97 Å². The second-order valence-corrected chi connectivity index (χ2v) is 5.13. The molecule has 2 rings (SSSR count). The smallest absolute Gasteiger partial charge is 0.336 e. The predicted octanol–water partition coefficient (Wildman–Crippen LogP) is 3.05. The van der Waals surface area contributed by atoms with E-state index in [1.54, 1.807) is 12.1 Å². The first kappa shape index (κ1) is 13.1. The van der Waals surface area contributed by atoms with Crippen molar-refractivity contribution in [3.8, 4) is 0 Å². The average molecular weight is 247 g/mol. The van der Waals surface area contributed by atoms with Gasteiger partial charge in [0.05, 0.1) is 5.56 Å². The summed E-state index contributed by atoms with van der Waals surface area (Å²) in [5.41, 5.74) is 1.28. The van der Waals surface area contributed by atoms with Crippen molar-refractivity contribution in [1.82, 2.24) is 5.32 Å². The molecule has 18 heavy (non-hydrogen) atoms. The highest BCUT2D eigenvalue weighted by atomic mass is 16.4. The van der Waals surface area contributed by atoms with Gasteiger partial charge in [-0.25, -0.2) is 4.79 Å². The van der Waals surface area contributed by atoms with Crippen LogP contribution < -0.4 is 5.32 Å². The maximum Gasteiger partial charge on any atom is 0.336 e. The van der Waals surface area contributed by atoms with Gasteiger partial charge in [-0.3, -0.25) is 0 Å². The molecule has 1 aliphatic rings. The molecule has 1 saturated carbocycles. The minimum absolute atomic E-state index is 0.409. The number of hydrogen-bond acceptors (Lipinski definition) is 2. The number of rotatable bonds is 7. The Balaban J connectivity index is 1.93. The number of carboxylic acids is 1. The molecule has 1 aromatic rings. The molecule has 1 aromatic carbocycles. The van der Waals surface area contributed by atoms with E-state index in [-0.39, 0.29) is 0 Å². The summed E-state index contributed by atoms with van der Waals surface area (Å²) in [6, 6.07) is 7.74. The quantitative estimate of drug-likeness (QED) is 0.778. The molecule has 1 aliphatic carbocycles. The van der Waals surface area contributed by atoms with Crippen molar-refractivity contribution in [1.29, 1.82) is 0 Å². The van der Waals surface area contributed by atoms with Crippen LogP contribution in [0.25, 0.3) is 0 Å². The Morgan fingerprint density at radius 1 is 1.44 bits per heavy atom. The third kappa shape index (κ3) is 3.57. The van der Waals surface area contributed by atoms with Crippen LogP contribution in [0.5, 0.6) is 0 Å². The molecular formula is C15H21NO2. The van der Waals surface area contributed by atoms with Crippen LogP contribution in [0.2, 0.25) is 0 Å². The van der Waals surface area contributed by atoms with E-state index in [2.05, 4.69) is 12.2 Å². The van der Waals surface area contributed by atoms with Crippen molar-refractivity contribution in [2.75, 3.05) is 0 Å². The minimum atomic E-state index is -0.845. The van der Waals surface area contributed by atoms with E-state index in [1.165, 1.54) is 19.3 Å². The zero-order chi connectivity index (χ0) is 13.0. The lowest BCUT2D eigenvalue weighted by molar-refractivity contribution is 0.0695. The number of aromatic carboxylic acids is 1. The molecule has 98 valence electrons. The molecule has 0 aromatic heterocycles. The van der Waals surface area contributed by atoms with Crippen LogP contribution in [0, 0.1) is 5.92 Å². The number of benzene rings is 1. The molecule has 0 heterocycles. The summed E-state index contributed by atoms with van der Waals surface area (Å²) in [6.07, 6.45) is 5.06. The van der Waals surface area contributed by atoms with Crippen molar-refractivity contribution in [2.24, 2.45) is 5.92 Å². The monoisotopic (exact) mass is 247 g/mol. The molecule has 0 saturated heterocycles. The Kier molecular flexibility index (Phi) is 4.37. The second-order valence-electron chi connectivity index (χ2n) is 5.13. The Morgan fingerprint density at radius 3 is 2.78 bits per heavy atom. The SMILES string of the molecule is CCC(CC1CC1)NCc1ccccc1C(=O)O. The average Bonchev–Trinajstić information content (AvgIpc) is 3.18. The molecule has 0 amide bonds. The summed E-state index contributed by atoms with van der Waals surface area (Å²) in [7, 11) is 0. The molecule has 2 N–H and O–H groups in total. The van der Waals surface area contributed by atoms with Gasteiger partial charge in [-0.2, -0.15) is 0 Å². The van der Waals surface area contributed by atoms with Crippen molar-refractivity contribution in [2.45, 2.75) is 45.2 Å². The molecule has 3 nitrogen and oxygen atoms in total. The third-order valence-electron chi connectivity index (χ3n) is 3.64. The van der Waals surface area contributed by atoms with E-state index in [0.717, 1.165) is 17.9 Å². The Bertz CT molecular complexity index is 413. The summed E-state index contributed by atoms with van der Waals surface area (Å²) in [6.45, 7) is 2.83. The Morgan fingerprint density at radius 2 is 2.17 bits per heavy atom. The summed E-state index contributed by atoms with van der Waals surface area (Å²) in [5, 5.41) is 12.6.